The predicted molar refractivity (Wildman–Crippen MR) is 119 cm³/mol. The van der Waals surface area contributed by atoms with Crippen LogP contribution in [0.1, 0.15) is 66.7 Å². The number of aliphatic hydroxyl groups is 1. The van der Waals surface area contributed by atoms with Crippen molar-refractivity contribution in [2.24, 2.45) is 11.8 Å². The number of ether oxygens (including phenoxy) is 2. The van der Waals surface area contributed by atoms with Gasteiger partial charge in [-0.1, -0.05) is 19.9 Å². The Hall–Kier alpha value is -1.96. The summed E-state index contributed by atoms with van der Waals surface area (Å²) in [6, 6.07) is 6.28. The second-order valence-electron chi connectivity index (χ2n) is 8.85. The van der Waals surface area contributed by atoms with E-state index in [9.17, 15) is 15.0 Å². The Kier molecular flexibility index (Phi) is 6.37. The van der Waals surface area contributed by atoms with Gasteiger partial charge in [0.15, 0.2) is 5.69 Å². The molecule has 7 heteroatoms. The molecule has 4 rings (SSSR count). The van der Waals surface area contributed by atoms with E-state index in [1.54, 1.807) is 5.38 Å². The fourth-order valence-electron chi connectivity index (χ4n) is 5.08. The van der Waals surface area contributed by atoms with E-state index in [0.29, 0.717) is 18.0 Å². The topological polar surface area (TPSA) is 88.9 Å². The van der Waals surface area contributed by atoms with Gasteiger partial charge in [0.2, 0.25) is 0 Å². The monoisotopic (exact) mass is 445 g/mol. The van der Waals surface area contributed by atoms with Gasteiger partial charge in [0.1, 0.15) is 16.4 Å². The summed E-state index contributed by atoms with van der Waals surface area (Å²) in [5.41, 5.74) is 2.11. The van der Waals surface area contributed by atoms with E-state index in [1.807, 2.05) is 13.0 Å². The maximum absolute atomic E-state index is 11.2. The van der Waals surface area contributed by atoms with Gasteiger partial charge in [0.25, 0.3) is 0 Å². The van der Waals surface area contributed by atoms with Crippen molar-refractivity contribution < 1.29 is 24.5 Å². The number of aromatic nitrogens is 1. The largest absolute Gasteiger partial charge is 0.493 e. The third-order valence-corrected chi connectivity index (χ3v) is 8.01. The number of carboxylic acid groups (broad SMARTS) is 1. The van der Waals surface area contributed by atoms with Crippen LogP contribution < -0.4 is 4.74 Å². The minimum absolute atomic E-state index is 0.0244. The molecule has 0 spiro atoms. The summed E-state index contributed by atoms with van der Waals surface area (Å²) in [4.78, 5) is 15.5. The van der Waals surface area contributed by atoms with E-state index in [-0.39, 0.29) is 23.6 Å². The summed E-state index contributed by atoms with van der Waals surface area (Å²) < 4.78 is 12.6. The number of hydrogen-bond acceptors (Lipinski definition) is 6. The average molecular weight is 446 g/mol. The SMILES string of the molecule is CCc1ccc(OC[C@@H]2[C@H]3CC[C@](C)(c4nc(C(=O)O)cs4)O[C@H]3C[C@@H]2O)cc1CC. The van der Waals surface area contributed by atoms with E-state index < -0.39 is 17.7 Å². The van der Waals surface area contributed by atoms with Gasteiger partial charge >= 0.3 is 5.97 Å². The van der Waals surface area contributed by atoms with Crippen molar-refractivity contribution in [3.8, 4) is 5.75 Å². The summed E-state index contributed by atoms with van der Waals surface area (Å²) in [6.07, 6.45) is 3.65. The van der Waals surface area contributed by atoms with Gasteiger partial charge in [0.05, 0.1) is 18.8 Å². The van der Waals surface area contributed by atoms with Crippen LogP contribution in [0.2, 0.25) is 0 Å². The van der Waals surface area contributed by atoms with Gasteiger partial charge in [0, 0.05) is 17.7 Å². The van der Waals surface area contributed by atoms with Crippen molar-refractivity contribution in [1.82, 2.24) is 4.98 Å². The molecule has 6 nitrogen and oxygen atoms in total. The van der Waals surface area contributed by atoms with Gasteiger partial charge in [-0.05, 0) is 61.8 Å². The number of aryl methyl sites for hydroxylation is 2. The fourth-order valence-corrected chi connectivity index (χ4v) is 6.01. The molecule has 1 aromatic carbocycles. The first-order valence-electron chi connectivity index (χ1n) is 11.1. The Labute approximate surface area is 187 Å². The number of fused-ring (bicyclic) bond motifs is 1. The van der Waals surface area contributed by atoms with Crippen molar-refractivity contribution in [1.29, 1.82) is 0 Å². The molecule has 2 aliphatic rings. The smallest absolute Gasteiger partial charge is 0.355 e. The second kappa shape index (κ2) is 8.88. The highest BCUT2D eigenvalue weighted by molar-refractivity contribution is 7.10. The van der Waals surface area contributed by atoms with Gasteiger partial charge in [-0.3, -0.25) is 0 Å². The molecule has 1 saturated carbocycles. The van der Waals surface area contributed by atoms with E-state index in [1.165, 1.54) is 22.5 Å². The summed E-state index contributed by atoms with van der Waals surface area (Å²) in [5, 5.41) is 22.2. The summed E-state index contributed by atoms with van der Waals surface area (Å²) >= 11 is 1.33. The molecule has 31 heavy (non-hydrogen) atoms. The number of aliphatic hydroxyl groups excluding tert-OH is 1. The number of aromatic carboxylic acids is 1. The quantitative estimate of drug-likeness (QED) is 0.655. The Morgan fingerprint density at radius 1 is 1.32 bits per heavy atom. The van der Waals surface area contributed by atoms with Crippen LogP contribution in [0.3, 0.4) is 0 Å². The second-order valence-corrected chi connectivity index (χ2v) is 9.71. The van der Waals surface area contributed by atoms with Crippen LogP contribution in [0.15, 0.2) is 23.6 Å². The third-order valence-electron chi connectivity index (χ3n) is 6.92. The maximum Gasteiger partial charge on any atom is 0.355 e. The normalized spacial score (nSPS) is 30.2. The Balaban J connectivity index is 1.42. The Morgan fingerprint density at radius 3 is 2.77 bits per heavy atom. The molecule has 168 valence electrons. The highest BCUT2D eigenvalue weighted by Gasteiger charge is 2.51. The lowest BCUT2D eigenvalue weighted by atomic mass is 9.83. The number of thiazole rings is 1. The maximum atomic E-state index is 11.2. The van der Waals surface area contributed by atoms with Crippen molar-refractivity contribution in [3.63, 3.8) is 0 Å². The van der Waals surface area contributed by atoms with Crippen molar-refractivity contribution >= 4 is 17.3 Å². The first kappa shape index (κ1) is 22.2. The van der Waals surface area contributed by atoms with Gasteiger partial charge in [-0.25, -0.2) is 9.78 Å². The molecule has 0 amide bonds. The standard InChI is InChI=1S/C24H31NO5S/c1-4-14-6-7-16(10-15(14)5-2)29-12-18-17-8-9-24(3,30-21(17)11-20(18)26)23-25-19(13-31-23)22(27)28/h6-7,10,13,17-18,20-21,26H,4-5,8-9,11-12H2,1-3H3,(H,27,28)/t17-,18-,20+,21+,24-/m1/s1. The lowest BCUT2D eigenvalue weighted by Gasteiger charge is -2.40. The summed E-state index contributed by atoms with van der Waals surface area (Å²) in [7, 11) is 0. The zero-order valence-corrected chi connectivity index (χ0v) is 19.2. The number of nitrogens with zero attached hydrogens (tertiary/aromatic N) is 1. The highest BCUT2D eigenvalue weighted by Crippen LogP contribution is 2.48. The Bertz CT molecular complexity index is 944. The van der Waals surface area contributed by atoms with Crippen molar-refractivity contribution in [2.75, 3.05) is 6.61 Å². The van der Waals surface area contributed by atoms with E-state index >= 15 is 0 Å². The summed E-state index contributed by atoms with van der Waals surface area (Å²) in [6.45, 7) is 6.76. The zero-order chi connectivity index (χ0) is 22.2. The predicted octanol–water partition coefficient (Wildman–Crippen LogP) is 4.44. The minimum atomic E-state index is -1.02. The number of benzene rings is 1. The van der Waals surface area contributed by atoms with Crippen LogP contribution >= 0.6 is 11.3 Å². The van der Waals surface area contributed by atoms with Crippen LogP contribution in [0.5, 0.6) is 5.75 Å². The molecule has 1 saturated heterocycles. The van der Waals surface area contributed by atoms with Gasteiger partial charge < -0.3 is 19.7 Å². The Morgan fingerprint density at radius 2 is 2.10 bits per heavy atom. The van der Waals surface area contributed by atoms with E-state index in [4.69, 9.17) is 9.47 Å². The van der Waals surface area contributed by atoms with Crippen LogP contribution in [0.25, 0.3) is 0 Å². The van der Waals surface area contributed by atoms with Crippen LogP contribution in [-0.2, 0) is 23.2 Å². The molecular weight excluding hydrogens is 414 g/mol. The van der Waals surface area contributed by atoms with Crippen molar-refractivity contribution in [2.45, 2.75) is 70.7 Å². The van der Waals surface area contributed by atoms with Gasteiger partial charge in [-0.15, -0.1) is 11.3 Å². The number of carboxylic acids is 1. The molecule has 1 aliphatic heterocycles. The van der Waals surface area contributed by atoms with Gasteiger partial charge in [-0.2, -0.15) is 0 Å². The first-order chi connectivity index (χ1) is 14.8. The van der Waals surface area contributed by atoms with Crippen LogP contribution in [0, 0.1) is 11.8 Å². The zero-order valence-electron chi connectivity index (χ0n) is 18.3. The molecule has 2 fully saturated rings. The fraction of sp³-hybridized carbons (Fsp3) is 0.583. The average Bonchev–Trinajstić information content (AvgIpc) is 3.37. The molecule has 0 bridgehead atoms. The molecule has 5 atom stereocenters. The molecule has 1 aliphatic carbocycles. The van der Waals surface area contributed by atoms with E-state index in [0.717, 1.165) is 31.4 Å². The highest BCUT2D eigenvalue weighted by atomic mass is 32.1. The van der Waals surface area contributed by atoms with E-state index in [2.05, 4.69) is 31.0 Å². The minimum Gasteiger partial charge on any atom is -0.493 e. The molecule has 2 heterocycles. The number of carbonyl (C=O) groups is 1. The number of hydrogen-bond donors (Lipinski definition) is 2. The molecule has 1 aromatic heterocycles. The molecule has 2 N–H and O–H groups in total. The number of rotatable bonds is 7. The lowest BCUT2D eigenvalue weighted by molar-refractivity contribution is -0.145. The molecule has 0 radical (unpaired) electrons. The third kappa shape index (κ3) is 4.36. The first-order valence-corrected chi connectivity index (χ1v) is 12.0. The summed E-state index contributed by atoms with van der Waals surface area (Å²) in [5.74, 6) is 0.0839. The van der Waals surface area contributed by atoms with Crippen LogP contribution in [0.4, 0.5) is 0 Å². The lowest BCUT2D eigenvalue weighted by Crippen LogP contribution is -2.41. The molecular formula is C24H31NO5S. The molecule has 2 aromatic rings. The van der Waals surface area contributed by atoms with Crippen LogP contribution in [-0.4, -0.2) is 40.0 Å². The molecule has 0 unspecified atom stereocenters. The van der Waals surface area contributed by atoms with Crippen molar-refractivity contribution in [3.05, 3.63) is 45.4 Å².